The minimum atomic E-state index is 0.711. The topological polar surface area (TPSA) is 29.3 Å². The first-order chi connectivity index (χ1) is 8.11. The number of nitrogens with zero attached hydrogens (tertiary/aromatic N) is 1. The van der Waals surface area contributed by atoms with Crippen molar-refractivity contribution in [2.45, 2.75) is 19.8 Å². The van der Waals surface area contributed by atoms with E-state index in [4.69, 9.17) is 5.73 Å². The zero-order chi connectivity index (χ0) is 12.4. The first-order valence-corrected chi connectivity index (χ1v) is 7.10. The van der Waals surface area contributed by atoms with Crippen LogP contribution in [0.2, 0.25) is 0 Å². The van der Waals surface area contributed by atoms with Crippen LogP contribution < -0.4 is 10.6 Å². The summed E-state index contributed by atoms with van der Waals surface area (Å²) in [5, 5.41) is 0. The summed E-state index contributed by atoms with van der Waals surface area (Å²) < 4.78 is 1.14. The second-order valence-corrected chi connectivity index (χ2v) is 6.08. The second kappa shape index (κ2) is 5.40. The van der Waals surface area contributed by atoms with E-state index >= 15 is 0 Å². The van der Waals surface area contributed by atoms with Crippen molar-refractivity contribution in [3.63, 3.8) is 0 Å². The molecule has 0 heterocycles. The summed E-state index contributed by atoms with van der Waals surface area (Å²) in [6.07, 6.45) is 2.33. The highest BCUT2D eigenvalue weighted by atomic mass is 79.9. The number of hydrogen-bond acceptors (Lipinski definition) is 2. The Kier molecular flexibility index (Phi) is 4.10. The van der Waals surface area contributed by atoms with E-state index in [1.54, 1.807) is 0 Å². The summed E-state index contributed by atoms with van der Waals surface area (Å²) in [6.45, 7) is 4.21. The maximum atomic E-state index is 5.67. The van der Waals surface area contributed by atoms with Crippen LogP contribution in [0.5, 0.6) is 0 Å². The number of anilines is 1. The van der Waals surface area contributed by atoms with Crippen LogP contribution in [0.1, 0.15) is 18.9 Å². The van der Waals surface area contributed by atoms with E-state index in [2.05, 4.69) is 53.0 Å². The molecule has 0 aromatic heterocycles. The minimum absolute atomic E-state index is 0.711. The molecule has 0 aliphatic heterocycles. The van der Waals surface area contributed by atoms with E-state index in [1.165, 1.54) is 17.7 Å². The molecular formula is C14H21BrN2. The minimum Gasteiger partial charge on any atom is -0.374 e. The first kappa shape index (κ1) is 12.9. The van der Waals surface area contributed by atoms with Gasteiger partial charge in [0.15, 0.2) is 0 Å². The van der Waals surface area contributed by atoms with Crippen molar-refractivity contribution in [1.82, 2.24) is 0 Å². The van der Waals surface area contributed by atoms with Gasteiger partial charge in [0, 0.05) is 23.8 Å². The van der Waals surface area contributed by atoms with Gasteiger partial charge in [0.05, 0.1) is 0 Å². The summed E-state index contributed by atoms with van der Waals surface area (Å²) >= 11 is 3.55. The largest absolute Gasteiger partial charge is 0.374 e. The summed E-state index contributed by atoms with van der Waals surface area (Å²) in [4.78, 5) is 2.38. The maximum absolute atomic E-state index is 5.67. The molecule has 17 heavy (non-hydrogen) atoms. The number of hydrogen-bond donors (Lipinski definition) is 1. The Balaban J connectivity index is 2.13. The summed E-state index contributed by atoms with van der Waals surface area (Å²) in [6, 6.07) is 6.49. The van der Waals surface area contributed by atoms with E-state index in [0.29, 0.717) is 6.54 Å². The van der Waals surface area contributed by atoms with Crippen molar-refractivity contribution in [3.05, 3.63) is 28.2 Å². The third kappa shape index (κ3) is 3.23. The smallest absolute Gasteiger partial charge is 0.0408 e. The molecule has 3 heteroatoms. The molecule has 1 fully saturated rings. The van der Waals surface area contributed by atoms with Crippen LogP contribution in [0.4, 0.5) is 5.69 Å². The molecule has 1 aromatic rings. The zero-order valence-corrected chi connectivity index (χ0v) is 12.2. The molecule has 0 amide bonds. The Morgan fingerprint density at radius 1 is 1.47 bits per heavy atom. The zero-order valence-electron chi connectivity index (χ0n) is 10.6. The second-order valence-electron chi connectivity index (χ2n) is 5.17. The van der Waals surface area contributed by atoms with Crippen LogP contribution in [-0.4, -0.2) is 20.1 Å². The first-order valence-electron chi connectivity index (χ1n) is 6.31. The van der Waals surface area contributed by atoms with Gasteiger partial charge in [0.25, 0.3) is 0 Å². The maximum Gasteiger partial charge on any atom is 0.0408 e. The Morgan fingerprint density at radius 2 is 2.18 bits per heavy atom. The van der Waals surface area contributed by atoms with Gasteiger partial charge in [-0.3, -0.25) is 0 Å². The molecule has 2 nitrogen and oxygen atoms in total. The fourth-order valence-corrected chi connectivity index (χ4v) is 2.71. The molecule has 0 spiro atoms. The van der Waals surface area contributed by atoms with E-state index in [1.807, 2.05) is 0 Å². The Hall–Kier alpha value is -0.540. The third-order valence-corrected chi connectivity index (χ3v) is 4.15. The number of nitrogens with two attached hydrogens (primary N) is 1. The molecule has 2 rings (SSSR count). The van der Waals surface area contributed by atoms with Gasteiger partial charge in [-0.25, -0.2) is 0 Å². The van der Waals surface area contributed by atoms with Gasteiger partial charge in [-0.15, -0.1) is 0 Å². The van der Waals surface area contributed by atoms with Gasteiger partial charge in [0.1, 0.15) is 0 Å². The molecule has 0 bridgehead atoms. The van der Waals surface area contributed by atoms with Crippen molar-refractivity contribution in [2.24, 2.45) is 17.6 Å². The summed E-state index contributed by atoms with van der Waals surface area (Å²) in [5.41, 5.74) is 8.35. The van der Waals surface area contributed by atoms with Crippen LogP contribution in [0.15, 0.2) is 22.7 Å². The average molecular weight is 297 g/mol. The lowest BCUT2D eigenvalue weighted by molar-refractivity contribution is 0.722. The number of rotatable bonds is 5. The molecule has 1 aliphatic carbocycles. The normalized spacial score (nSPS) is 22.6. The molecule has 0 radical (unpaired) electrons. The summed E-state index contributed by atoms with van der Waals surface area (Å²) in [5.74, 6) is 1.78. The lowest BCUT2D eigenvalue weighted by Crippen LogP contribution is -2.22. The average Bonchev–Trinajstić information content (AvgIpc) is 2.97. The summed E-state index contributed by atoms with van der Waals surface area (Å²) in [7, 11) is 2.19. The molecular weight excluding hydrogens is 276 g/mol. The van der Waals surface area contributed by atoms with Crippen LogP contribution in [0.25, 0.3) is 0 Å². The molecule has 94 valence electrons. The molecule has 1 saturated carbocycles. The fraction of sp³-hybridized carbons (Fsp3) is 0.571. The Morgan fingerprint density at radius 3 is 2.76 bits per heavy atom. The molecule has 1 aromatic carbocycles. The highest BCUT2D eigenvalue weighted by molar-refractivity contribution is 9.10. The Bertz CT molecular complexity index is 392. The Labute approximate surface area is 112 Å². The van der Waals surface area contributed by atoms with Gasteiger partial charge < -0.3 is 10.6 Å². The lowest BCUT2D eigenvalue weighted by atomic mass is 10.1. The van der Waals surface area contributed by atoms with Crippen LogP contribution in [-0.2, 0) is 6.42 Å². The molecule has 0 saturated heterocycles. The highest BCUT2D eigenvalue weighted by Gasteiger charge is 2.33. The van der Waals surface area contributed by atoms with Gasteiger partial charge in [-0.05, 0) is 48.9 Å². The van der Waals surface area contributed by atoms with Crippen molar-refractivity contribution < 1.29 is 0 Å². The van der Waals surface area contributed by atoms with Gasteiger partial charge in [-0.2, -0.15) is 0 Å². The SMILES string of the molecule is CC1CC1CN(C)c1cc(Br)ccc1CCN. The molecule has 2 unspecified atom stereocenters. The van der Waals surface area contributed by atoms with Gasteiger partial charge in [-0.1, -0.05) is 28.9 Å². The van der Waals surface area contributed by atoms with Crippen molar-refractivity contribution in [1.29, 1.82) is 0 Å². The van der Waals surface area contributed by atoms with Crippen molar-refractivity contribution in [2.75, 3.05) is 25.0 Å². The third-order valence-electron chi connectivity index (χ3n) is 3.66. The monoisotopic (exact) mass is 296 g/mol. The van der Waals surface area contributed by atoms with Gasteiger partial charge >= 0.3 is 0 Å². The van der Waals surface area contributed by atoms with E-state index < -0.39 is 0 Å². The van der Waals surface area contributed by atoms with Crippen molar-refractivity contribution in [3.8, 4) is 0 Å². The number of benzene rings is 1. The van der Waals surface area contributed by atoms with E-state index in [9.17, 15) is 0 Å². The lowest BCUT2D eigenvalue weighted by Gasteiger charge is -2.23. The molecule has 2 atom stereocenters. The highest BCUT2D eigenvalue weighted by Crippen LogP contribution is 2.39. The fourth-order valence-electron chi connectivity index (χ4n) is 2.36. The quantitative estimate of drug-likeness (QED) is 0.905. The molecule has 1 aliphatic rings. The van der Waals surface area contributed by atoms with E-state index in [0.717, 1.165) is 29.3 Å². The van der Waals surface area contributed by atoms with Crippen molar-refractivity contribution >= 4 is 21.6 Å². The van der Waals surface area contributed by atoms with Crippen LogP contribution >= 0.6 is 15.9 Å². The number of halogens is 1. The standard InChI is InChI=1S/C14H21BrN2/c1-10-7-12(10)9-17(2)14-8-13(15)4-3-11(14)5-6-16/h3-4,8,10,12H,5-7,9,16H2,1-2H3. The van der Waals surface area contributed by atoms with E-state index in [-0.39, 0.29) is 0 Å². The predicted molar refractivity (Wildman–Crippen MR) is 77.4 cm³/mol. The molecule has 2 N–H and O–H groups in total. The van der Waals surface area contributed by atoms with Crippen LogP contribution in [0.3, 0.4) is 0 Å². The van der Waals surface area contributed by atoms with Crippen LogP contribution in [0, 0.1) is 11.8 Å². The predicted octanol–water partition coefficient (Wildman–Crippen LogP) is 3.04. The van der Waals surface area contributed by atoms with Gasteiger partial charge in [0.2, 0.25) is 0 Å².